The first kappa shape index (κ1) is 50.1. The molecular weight excluding hydrogens is 843 g/mol. The topological polar surface area (TPSA) is 283 Å². The summed E-state index contributed by atoms with van der Waals surface area (Å²) in [6, 6.07) is 15.1. The summed E-state index contributed by atoms with van der Waals surface area (Å²) in [6.07, 6.45) is 1.49. The molecule has 10 N–H and O–H groups in total. The Bertz CT molecular complexity index is 2430. The van der Waals surface area contributed by atoms with Gasteiger partial charge < -0.3 is 52.8 Å². The molecule has 5 amide bonds. The number of benzene rings is 3. The van der Waals surface area contributed by atoms with E-state index in [9.17, 15) is 24.0 Å². The van der Waals surface area contributed by atoms with Gasteiger partial charge in [0, 0.05) is 60.7 Å². The van der Waals surface area contributed by atoms with Crippen LogP contribution >= 0.6 is 0 Å². The maximum atomic E-state index is 14.6. The molecule has 1 aromatic heterocycles. The second kappa shape index (κ2) is 22.8. The SMILES string of the molecule is Cc1nc(-c2ccc(C(C)(C)C)cc2)ncc1CC(=O)N[C@@H](CCN)C(=O)N(C)[C@@H]1C(=O)N[C@@H](C)C(=O)N[C@H](C(=O)NCC#N)Cc2ccc(OCCN)c(c2)-c2cc1ccc2OCCN. The minimum atomic E-state index is -1.39. The number of hydrogen-bond acceptors (Lipinski definition) is 13. The fraction of sp³-hybridized carbons (Fsp3) is 0.417. The van der Waals surface area contributed by atoms with Crippen molar-refractivity contribution in [2.45, 2.75) is 83.5 Å². The first-order chi connectivity index (χ1) is 31.5. The minimum absolute atomic E-state index is 0.00473. The van der Waals surface area contributed by atoms with Crippen LogP contribution in [0.2, 0.25) is 0 Å². The summed E-state index contributed by atoms with van der Waals surface area (Å²) in [5, 5.41) is 19.9. The molecule has 0 saturated carbocycles. The van der Waals surface area contributed by atoms with E-state index in [1.54, 1.807) is 49.5 Å². The highest BCUT2D eigenvalue weighted by Crippen LogP contribution is 2.40. The zero-order valence-electron chi connectivity index (χ0n) is 38.4. The number of amides is 5. The quantitative estimate of drug-likeness (QED) is 0.0792. The number of fused-ring (bicyclic) bond motifs is 5. The van der Waals surface area contributed by atoms with E-state index in [4.69, 9.17) is 31.9 Å². The van der Waals surface area contributed by atoms with Gasteiger partial charge in [-0.2, -0.15) is 5.26 Å². The van der Waals surface area contributed by atoms with Crippen molar-refractivity contribution in [2.75, 3.05) is 46.4 Å². The van der Waals surface area contributed by atoms with Gasteiger partial charge in [-0.25, -0.2) is 9.97 Å². The number of carbonyl (C=O) groups is 5. The molecule has 4 bridgehead atoms. The van der Waals surface area contributed by atoms with Crippen LogP contribution < -0.4 is 47.9 Å². The summed E-state index contributed by atoms with van der Waals surface area (Å²) in [5.41, 5.74) is 22.7. The van der Waals surface area contributed by atoms with Gasteiger partial charge in [-0.05, 0) is 73.2 Å². The third-order valence-electron chi connectivity index (χ3n) is 11.1. The number of rotatable bonds is 16. The number of likely N-dealkylation sites (N-methyl/N-ethyl adjacent to an activating group) is 1. The van der Waals surface area contributed by atoms with Crippen molar-refractivity contribution in [3.8, 4) is 40.1 Å². The van der Waals surface area contributed by atoms with Crippen LogP contribution in [-0.2, 0) is 42.2 Å². The molecule has 0 saturated heterocycles. The molecule has 4 atom stereocenters. The highest BCUT2D eigenvalue weighted by atomic mass is 16.5. The average molecular weight is 904 g/mol. The molecule has 1 aliphatic rings. The van der Waals surface area contributed by atoms with E-state index in [2.05, 4.69) is 52.0 Å². The van der Waals surface area contributed by atoms with Crippen molar-refractivity contribution in [3.63, 3.8) is 0 Å². The molecule has 0 spiro atoms. The van der Waals surface area contributed by atoms with Crippen molar-refractivity contribution >= 4 is 29.5 Å². The van der Waals surface area contributed by atoms with Gasteiger partial charge in [0.25, 0.3) is 0 Å². The van der Waals surface area contributed by atoms with Crippen molar-refractivity contribution in [1.82, 2.24) is 36.1 Å². The molecule has 18 heteroatoms. The maximum Gasteiger partial charge on any atom is 0.248 e. The summed E-state index contributed by atoms with van der Waals surface area (Å²) < 4.78 is 12.2. The van der Waals surface area contributed by atoms with E-state index in [1.165, 1.54) is 24.4 Å². The van der Waals surface area contributed by atoms with Crippen molar-refractivity contribution in [2.24, 2.45) is 17.2 Å². The Hall–Kier alpha value is -6.94. The summed E-state index contributed by atoms with van der Waals surface area (Å²) in [7, 11) is 1.42. The zero-order valence-corrected chi connectivity index (χ0v) is 38.4. The Morgan fingerprint density at radius 3 is 2.18 bits per heavy atom. The second-order valence-corrected chi connectivity index (χ2v) is 17.1. The molecule has 350 valence electrons. The number of hydrogen-bond donors (Lipinski definition) is 7. The predicted octanol–water partition coefficient (Wildman–Crippen LogP) is 1.85. The Balaban J connectivity index is 1.51. The normalized spacial score (nSPS) is 16.6. The van der Waals surface area contributed by atoms with Gasteiger partial charge in [0.1, 0.15) is 55.4 Å². The monoisotopic (exact) mass is 903 g/mol. The van der Waals surface area contributed by atoms with Gasteiger partial charge in [0.05, 0.1) is 12.5 Å². The lowest BCUT2D eigenvalue weighted by Gasteiger charge is -2.32. The molecule has 4 aromatic rings. The minimum Gasteiger partial charge on any atom is -0.492 e. The third kappa shape index (κ3) is 12.7. The smallest absolute Gasteiger partial charge is 0.248 e. The largest absolute Gasteiger partial charge is 0.492 e. The number of nitrogens with one attached hydrogen (secondary N) is 4. The van der Waals surface area contributed by atoms with Crippen LogP contribution in [0.4, 0.5) is 0 Å². The lowest BCUT2D eigenvalue weighted by atomic mass is 9.87. The molecule has 5 rings (SSSR count). The molecule has 3 aromatic carbocycles. The number of aryl methyl sites for hydroxylation is 1. The van der Waals surface area contributed by atoms with Gasteiger partial charge >= 0.3 is 0 Å². The van der Waals surface area contributed by atoms with E-state index >= 15 is 0 Å². The van der Waals surface area contributed by atoms with Gasteiger partial charge in [0.2, 0.25) is 29.5 Å². The van der Waals surface area contributed by atoms with Crippen molar-refractivity contribution < 1.29 is 33.4 Å². The Morgan fingerprint density at radius 2 is 1.58 bits per heavy atom. The number of aromatic nitrogens is 2. The van der Waals surface area contributed by atoms with E-state index in [-0.39, 0.29) is 64.1 Å². The van der Waals surface area contributed by atoms with E-state index in [0.717, 1.165) is 5.56 Å². The predicted molar refractivity (Wildman–Crippen MR) is 249 cm³/mol. The lowest BCUT2D eigenvalue weighted by molar-refractivity contribution is -0.143. The van der Waals surface area contributed by atoms with Gasteiger partial charge in [0.15, 0.2) is 5.82 Å². The second-order valence-electron chi connectivity index (χ2n) is 17.1. The molecule has 2 heterocycles. The zero-order chi connectivity index (χ0) is 48.1. The van der Waals surface area contributed by atoms with Gasteiger partial charge in [-0.1, -0.05) is 57.2 Å². The van der Waals surface area contributed by atoms with E-state index < -0.39 is 53.7 Å². The molecule has 0 aliphatic carbocycles. The lowest BCUT2D eigenvalue weighted by Crippen LogP contribution is -2.56. The molecule has 0 unspecified atom stereocenters. The maximum absolute atomic E-state index is 14.6. The van der Waals surface area contributed by atoms with Crippen LogP contribution in [0, 0.1) is 18.3 Å². The molecule has 0 radical (unpaired) electrons. The number of nitrogens with zero attached hydrogens (tertiary/aromatic N) is 4. The third-order valence-corrected chi connectivity index (χ3v) is 11.1. The van der Waals surface area contributed by atoms with Gasteiger partial charge in [-0.15, -0.1) is 0 Å². The average Bonchev–Trinajstić information content (AvgIpc) is 3.29. The van der Waals surface area contributed by atoms with Crippen molar-refractivity contribution in [1.29, 1.82) is 5.26 Å². The molecular formula is C48H61N11O7. The summed E-state index contributed by atoms with van der Waals surface area (Å²) in [6.45, 7) is 10.0. The molecule has 66 heavy (non-hydrogen) atoms. The highest BCUT2D eigenvalue weighted by Gasteiger charge is 2.36. The van der Waals surface area contributed by atoms with Crippen molar-refractivity contribution in [3.05, 3.63) is 94.8 Å². The van der Waals surface area contributed by atoms with E-state index in [0.29, 0.717) is 50.8 Å². The van der Waals surface area contributed by atoms with Crippen LogP contribution in [0.25, 0.3) is 22.5 Å². The Morgan fingerprint density at radius 1 is 0.924 bits per heavy atom. The number of nitriles is 1. The fourth-order valence-corrected chi connectivity index (χ4v) is 7.47. The Labute approximate surface area is 385 Å². The summed E-state index contributed by atoms with van der Waals surface area (Å²) >= 11 is 0. The van der Waals surface area contributed by atoms with Crippen LogP contribution in [0.3, 0.4) is 0 Å². The number of nitrogens with two attached hydrogens (primary N) is 3. The highest BCUT2D eigenvalue weighted by molar-refractivity contribution is 5.96. The standard InChI is InChI=1S/C48H61N11O7/c1-28-33(27-54-43(55-28)31-8-11-34(12-9-31)48(3,4)5)26-41(60)57-37(15-16-49)47(64)59(6)42-32-10-14-40(66-22-19-52)36(25-32)35-23-30(7-13-39(35)65-21-18-51)24-38(45(62)53-20-17-50)58-44(61)29(2)56-46(42)63/h7-14,23,25,27,29,37-38,42H,15-16,18-22,24,26,49,51-52H2,1-6H3,(H,53,62)(H,56,63)(H,57,60)(H,58,61)/t29-,37-,38-,42-/m0/s1. The van der Waals surface area contributed by atoms with Crippen LogP contribution in [0.5, 0.6) is 11.5 Å². The fourth-order valence-electron chi connectivity index (χ4n) is 7.47. The Kier molecular flexibility index (Phi) is 17.3. The number of carbonyl (C=O) groups excluding carboxylic acids is 5. The first-order valence-corrected chi connectivity index (χ1v) is 21.9. The number of ether oxygens (including phenoxy) is 2. The van der Waals surface area contributed by atoms with Crippen LogP contribution in [0.15, 0.2) is 66.9 Å². The van der Waals surface area contributed by atoms with Crippen LogP contribution in [0.1, 0.15) is 68.1 Å². The molecule has 0 fully saturated rings. The first-order valence-electron chi connectivity index (χ1n) is 21.9. The van der Waals surface area contributed by atoms with E-state index in [1.807, 2.05) is 30.3 Å². The van der Waals surface area contributed by atoms with Crippen LogP contribution in [-0.4, -0.2) is 109 Å². The molecule has 1 aliphatic heterocycles. The summed E-state index contributed by atoms with van der Waals surface area (Å²) in [4.78, 5) is 80.3. The summed E-state index contributed by atoms with van der Waals surface area (Å²) in [5.74, 6) is -1.90. The van der Waals surface area contributed by atoms with Gasteiger partial charge in [-0.3, -0.25) is 24.0 Å². The molecule has 18 nitrogen and oxygen atoms in total.